The van der Waals surface area contributed by atoms with E-state index in [2.05, 4.69) is 78.9 Å². The van der Waals surface area contributed by atoms with Crippen LogP contribution >= 0.6 is 15.2 Å². The molecule has 0 N–H and O–H groups in total. The molecule has 0 spiro atoms. The molecule has 6 aromatic rings. The molecule has 2 heterocycles. The van der Waals surface area contributed by atoms with E-state index in [-0.39, 0.29) is 0 Å². The predicted octanol–water partition coefficient (Wildman–Crippen LogP) is 7.70. The molecule has 0 aliphatic rings. The second-order valence-electron chi connectivity index (χ2n) is 8.99. The third-order valence-electron chi connectivity index (χ3n) is 6.66. The molecule has 0 fully saturated rings. The lowest BCUT2D eigenvalue weighted by atomic mass is 10.0. The molecule has 40 heavy (non-hydrogen) atoms. The van der Waals surface area contributed by atoms with Crippen molar-refractivity contribution in [3.05, 3.63) is 134 Å². The first-order valence-electron chi connectivity index (χ1n) is 12.9. The van der Waals surface area contributed by atoms with Gasteiger partial charge in [0.2, 0.25) is 0 Å². The summed E-state index contributed by atoms with van der Waals surface area (Å²) < 4.78 is 23.7. The maximum absolute atomic E-state index is 6.24. The molecule has 0 saturated carbocycles. The number of hydrogen-bond donors (Lipinski definition) is 0. The minimum Gasteiger partial charge on any atom is -0.496 e. The first-order chi connectivity index (χ1) is 19.8. The quantitative estimate of drug-likeness (QED) is 0.169. The van der Waals surface area contributed by atoms with Gasteiger partial charge in [-0.1, -0.05) is 84.9 Å². The van der Waals surface area contributed by atoms with E-state index in [9.17, 15) is 0 Å². The molecule has 0 radical (unpaired) electrons. The van der Waals surface area contributed by atoms with Crippen LogP contribution in [-0.4, -0.2) is 14.2 Å². The maximum atomic E-state index is 6.24. The van der Waals surface area contributed by atoms with E-state index in [0.29, 0.717) is 0 Å². The topological polar surface area (TPSA) is 44.7 Å². The van der Waals surface area contributed by atoms with Crippen molar-refractivity contribution in [2.45, 2.75) is 0 Å². The number of methoxy groups -OCH3 is 2. The van der Waals surface area contributed by atoms with Gasteiger partial charge in [0.1, 0.15) is 22.8 Å². The van der Waals surface area contributed by atoms with Crippen LogP contribution in [0.5, 0.6) is 11.5 Å². The number of para-hydroxylation sites is 1. The van der Waals surface area contributed by atoms with E-state index >= 15 is 0 Å². The fraction of sp³-hybridized carbons (Fsp3) is 0.0588. The first-order valence-corrected chi connectivity index (χ1v) is 16.3. The number of benzene rings is 4. The minimum atomic E-state index is -1.03. The summed E-state index contributed by atoms with van der Waals surface area (Å²) in [4.78, 5) is 0. The lowest BCUT2D eigenvalue weighted by molar-refractivity contribution is 0.410. The van der Waals surface area contributed by atoms with Crippen molar-refractivity contribution in [2.75, 3.05) is 14.2 Å². The molecule has 1 unspecified atom stereocenters. The SMILES string of the molecule is COc1ccccc1-c1c(OC)cccc1[P@@](c1ccco1)P(c1ccccc1)c1ccc(-c2ccco2)cc1. The number of furan rings is 2. The van der Waals surface area contributed by atoms with E-state index < -0.39 is 15.2 Å². The Morgan fingerprint density at radius 3 is 1.90 bits per heavy atom. The van der Waals surface area contributed by atoms with Crippen LogP contribution in [0.2, 0.25) is 0 Å². The monoisotopic (exact) mass is 562 g/mol. The van der Waals surface area contributed by atoms with Gasteiger partial charge in [0, 0.05) is 29.6 Å². The van der Waals surface area contributed by atoms with Crippen molar-refractivity contribution in [1.82, 2.24) is 0 Å². The molecule has 4 aromatic carbocycles. The molecule has 2 aromatic heterocycles. The van der Waals surface area contributed by atoms with Crippen molar-refractivity contribution in [3.8, 4) is 33.9 Å². The van der Waals surface area contributed by atoms with Gasteiger partial charge < -0.3 is 18.3 Å². The Bertz CT molecular complexity index is 1660. The second-order valence-corrected chi connectivity index (χ2v) is 14.6. The third-order valence-corrected chi connectivity index (χ3v) is 14.0. The van der Waals surface area contributed by atoms with E-state index in [4.69, 9.17) is 18.3 Å². The zero-order valence-corrected chi connectivity index (χ0v) is 24.0. The second kappa shape index (κ2) is 12.0. The summed E-state index contributed by atoms with van der Waals surface area (Å²) in [6.07, 6.45) is 3.48. The molecule has 6 heteroatoms. The molecule has 0 saturated heterocycles. The average molecular weight is 563 g/mol. The Labute approximate surface area is 236 Å². The number of rotatable bonds is 9. The highest BCUT2D eigenvalue weighted by atomic mass is 32.1. The normalized spacial score (nSPS) is 12.6. The summed E-state index contributed by atoms with van der Waals surface area (Å²) in [6, 6.07) is 41.9. The molecule has 0 amide bonds. The van der Waals surface area contributed by atoms with Crippen molar-refractivity contribution in [2.24, 2.45) is 0 Å². The Morgan fingerprint density at radius 2 is 1.20 bits per heavy atom. The third kappa shape index (κ3) is 5.09. The van der Waals surface area contributed by atoms with Crippen LogP contribution in [0.3, 0.4) is 0 Å². The molecule has 0 aliphatic carbocycles. The highest BCUT2D eigenvalue weighted by Crippen LogP contribution is 2.67. The molecule has 4 nitrogen and oxygen atoms in total. The lowest BCUT2D eigenvalue weighted by Gasteiger charge is -2.30. The molecular formula is C34H28O4P2. The van der Waals surface area contributed by atoms with Gasteiger partial charge in [-0.2, -0.15) is 0 Å². The van der Waals surface area contributed by atoms with Gasteiger partial charge in [0.15, 0.2) is 0 Å². The fourth-order valence-corrected chi connectivity index (χ4v) is 12.5. The standard InChI is InChI=1S/C34H28O4P2/c1-35-30-14-7-6-13-28(30)34-31(36-2)15-8-17-32(34)40(33-18-10-24-38-33)39(26-11-4-3-5-12-26)27-21-19-25(20-22-27)29-16-9-23-37-29/h3-24H,1-2H3/t39?,40-/m0/s1. The molecule has 2 atom stereocenters. The van der Waals surface area contributed by atoms with Gasteiger partial charge in [0.05, 0.1) is 26.7 Å². The Hall–Kier alpha value is -4.10. The summed E-state index contributed by atoms with van der Waals surface area (Å²) in [5, 5.41) is 3.71. The highest BCUT2D eigenvalue weighted by Gasteiger charge is 2.33. The smallest absolute Gasteiger partial charge is 0.134 e. The Morgan fingerprint density at radius 1 is 0.525 bits per heavy atom. The van der Waals surface area contributed by atoms with Gasteiger partial charge in [0.25, 0.3) is 0 Å². The Kier molecular flexibility index (Phi) is 7.82. The lowest BCUT2D eigenvalue weighted by Crippen LogP contribution is -2.21. The Balaban J connectivity index is 1.60. The molecule has 198 valence electrons. The fourth-order valence-electron chi connectivity index (χ4n) is 4.86. The van der Waals surface area contributed by atoms with Crippen LogP contribution in [0.4, 0.5) is 0 Å². The summed E-state index contributed by atoms with van der Waals surface area (Å²) in [6.45, 7) is 0. The summed E-state index contributed by atoms with van der Waals surface area (Å²) in [5.41, 5.74) is 4.04. The van der Waals surface area contributed by atoms with Crippen LogP contribution in [-0.2, 0) is 0 Å². The highest BCUT2D eigenvalue weighted by molar-refractivity contribution is 8.41. The van der Waals surface area contributed by atoms with Crippen LogP contribution in [0.1, 0.15) is 0 Å². The number of hydrogen-bond acceptors (Lipinski definition) is 4. The van der Waals surface area contributed by atoms with Crippen molar-refractivity contribution >= 4 is 36.6 Å². The van der Waals surface area contributed by atoms with Crippen molar-refractivity contribution < 1.29 is 18.3 Å². The van der Waals surface area contributed by atoms with Crippen molar-refractivity contribution in [1.29, 1.82) is 0 Å². The summed E-state index contributed by atoms with van der Waals surface area (Å²) in [5.74, 6) is 2.46. The van der Waals surface area contributed by atoms with Crippen LogP contribution in [0, 0.1) is 0 Å². The summed E-state index contributed by atoms with van der Waals surface area (Å²) in [7, 11) is 1.50. The van der Waals surface area contributed by atoms with Gasteiger partial charge in [-0.25, -0.2) is 0 Å². The van der Waals surface area contributed by atoms with Gasteiger partial charge in [-0.15, -0.1) is 0 Å². The van der Waals surface area contributed by atoms with E-state index in [1.165, 1.54) is 15.9 Å². The van der Waals surface area contributed by atoms with Gasteiger partial charge in [-0.3, -0.25) is 0 Å². The zero-order chi connectivity index (χ0) is 27.3. The number of ether oxygens (including phenoxy) is 2. The van der Waals surface area contributed by atoms with E-state index in [0.717, 1.165) is 39.5 Å². The molecule has 0 bridgehead atoms. The zero-order valence-electron chi connectivity index (χ0n) is 22.2. The van der Waals surface area contributed by atoms with Crippen molar-refractivity contribution in [3.63, 3.8) is 0 Å². The van der Waals surface area contributed by atoms with E-state index in [1.54, 1.807) is 26.7 Å². The van der Waals surface area contributed by atoms with E-state index in [1.807, 2.05) is 42.5 Å². The van der Waals surface area contributed by atoms with Crippen LogP contribution < -0.4 is 30.9 Å². The largest absolute Gasteiger partial charge is 0.496 e. The predicted molar refractivity (Wildman–Crippen MR) is 167 cm³/mol. The molecule has 0 aliphatic heterocycles. The van der Waals surface area contributed by atoms with Crippen LogP contribution in [0.25, 0.3) is 22.5 Å². The maximum Gasteiger partial charge on any atom is 0.134 e. The minimum absolute atomic E-state index is 0.800. The van der Waals surface area contributed by atoms with Crippen LogP contribution in [0.15, 0.2) is 143 Å². The molecule has 6 rings (SSSR count). The summed E-state index contributed by atoms with van der Waals surface area (Å²) >= 11 is 0. The van der Waals surface area contributed by atoms with Gasteiger partial charge >= 0.3 is 0 Å². The average Bonchev–Trinajstić information content (AvgIpc) is 3.76. The van der Waals surface area contributed by atoms with Gasteiger partial charge in [-0.05, 0) is 54.6 Å². The molecular weight excluding hydrogens is 534 g/mol. The first kappa shape index (κ1) is 26.1.